The smallest absolute Gasteiger partial charge is 0.323 e. The number of carbonyl (C=O) groups excluding carboxylic acids is 1. The molecule has 2 atom stereocenters. The molecular formula is C28H22Cl4N2O2. The summed E-state index contributed by atoms with van der Waals surface area (Å²) < 4.78 is 5.11. The lowest BCUT2D eigenvalue weighted by atomic mass is 9.98. The van der Waals surface area contributed by atoms with Crippen molar-refractivity contribution in [3.63, 3.8) is 0 Å². The number of esters is 1. The largest absolute Gasteiger partial charge is 0.468 e. The van der Waals surface area contributed by atoms with Crippen LogP contribution in [0.5, 0.6) is 0 Å². The van der Waals surface area contributed by atoms with Crippen LogP contribution in [-0.4, -0.2) is 36.1 Å². The fourth-order valence-corrected chi connectivity index (χ4v) is 5.21. The maximum absolute atomic E-state index is 12.7. The van der Waals surface area contributed by atoms with Crippen LogP contribution in [0.4, 0.5) is 0 Å². The summed E-state index contributed by atoms with van der Waals surface area (Å²) in [5.74, 6) is 5.73. The van der Waals surface area contributed by atoms with Crippen LogP contribution in [0.1, 0.15) is 12.0 Å². The van der Waals surface area contributed by atoms with Crippen LogP contribution < -0.4 is 10.6 Å². The highest BCUT2D eigenvalue weighted by atomic mass is 35.5. The summed E-state index contributed by atoms with van der Waals surface area (Å²) in [6.07, 6.45) is 4.20. The second-order valence-corrected chi connectivity index (χ2v) is 9.99. The van der Waals surface area contributed by atoms with Gasteiger partial charge < -0.3 is 4.74 Å². The highest BCUT2D eigenvalue weighted by molar-refractivity contribution is 6.39. The van der Waals surface area contributed by atoms with Gasteiger partial charge in [0.25, 0.3) is 0 Å². The normalized spacial score (nSPS) is 15.0. The van der Waals surface area contributed by atoms with Gasteiger partial charge in [-0.2, -0.15) is 0 Å². The Labute approximate surface area is 230 Å². The molecular weight excluding hydrogens is 538 g/mol. The molecule has 1 aliphatic rings. The van der Waals surface area contributed by atoms with Crippen LogP contribution in [0, 0.1) is 17.8 Å². The molecule has 0 saturated carbocycles. The number of hydrogen-bond acceptors (Lipinski definition) is 4. The zero-order chi connectivity index (χ0) is 25.8. The number of likely N-dealkylation sites (N-methyl/N-ethyl adjacent to an activating group) is 1. The van der Waals surface area contributed by atoms with Gasteiger partial charge in [-0.3, -0.25) is 9.69 Å². The molecule has 8 heteroatoms. The number of rotatable bonds is 7. The molecule has 1 heterocycles. The van der Waals surface area contributed by atoms with Crippen LogP contribution in [0.15, 0.2) is 48.5 Å². The molecule has 3 aromatic rings. The van der Waals surface area contributed by atoms with E-state index in [1.54, 1.807) is 42.5 Å². The molecule has 0 amide bonds. The van der Waals surface area contributed by atoms with Crippen LogP contribution in [0.25, 0.3) is 23.4 Å². The van der Waals surface area contributed by atoms with Gasteiger partial charge in [0.1, 0.15) is 6.04 Å². The van der Waals surface area contributed by atoms with E-state index in [-0.39, 0.29) is 11.9 Å². The molecule has 0 N–H and O–H groups in total. The predicted molar refractivity (Wildman–Crippen MR) is 147 cm³/mol. The van der Waals surface area contributed by atoms with E-state index in [2.05, 4.69) is 11.8 Å². The topological polar surface area (TPSA) is 42.4 Å². The van der Waals surface area contributed by atoms with Gasteiger partial charge in [0.05, 0.1) is 28.2 Å². The molecule has 0 spiro atoms. The van der Waals surface area contributed by atoms with E-state index >= 15 is 0 Å². The van der Waals surface area contributed by atoms with Crippen LogP contribution >= 0.6 is 46.4 Å². The SMILES string of the molecule is COC(=O)C(CC1C#CC=c2nc(-c3c(Cl)cccc3Cl)ccc2=C1)N(C)Cc1c(Cl)cccc1Cl. The Morgan fingerprint density at radius 3 is 2.31 bits per heavy atom. The van der Waals surface area contributed by atoms with E-state index < -0.39 is 6.04 Å². The molecule has 36 heavy (non-hydrogen) atoms. The van der Waals surface area contributed by atoms with Gasteiger partial charge in [0.15, 0.2) is 0 Å². The van der Waals surface area contributed by atoms with Crippen molar-refractivity contribution in [1.82, 2.24) is 9.88 Å². The average Bonchev–Trinajstić information content (AvgIpc) is 3.05. The minimum absolute atomic E-state index is 0.215. The third kappa shape index (κ3) is 5.89. The lowest BCUT2D eigenvalue weighted by Crippen LogP contribution is -2.40. The van der Waals surface area contributed by atoms with E-state index in [4.69, 9.17) is 56.1 Å². The minimum Gasteiger partial charge on any atom is -0.468 e. The third-order valence-corrected chi connectivity index (χ3v) is 7.32. The zero-order valence-corrected chi connectivity index (χ0v) is 22.6. The van der Waals surface area contributed by atoms with Gasteiger partial charge in [0.2, 0.25) is 0 Å². The quantitative estimate of drug-likeness (QED) is 0.278. The van der Waals surface area contributed by atoms with Crippen LogP contribution in [-0.2, 0) is 16.1 Å². The van der Waals surface area contributed by atoms with Crippen molar-refractivity contribution < 1.29 is 9.53 Å². The number of pyridine rings is 1. The van der Waals surface area contributed by atoms with Crippen molar-refractivity contribution in [3.8, 4) is 23.1 Å². The Hall–Kier alpha value is -2.52. The van der Waals surface area contributed by atoms with E-state index in [1.165, 1.54) is 7.11 Å². The maximum atomic E-state index is 12.7. The molecule has 184 valence electrons. The van der Waals surface area contributed by atoms with E-state index in [9.17, 15) is 4.79 Å². The van der Waals surface area contributed by atoms with E-state index in [1.807, 2.05) is 30.2 Å². The summed E-state index contributed by atoms with van der Waals surface area (Å²) in [7, 11) is 3.22. The molecule has 0 radical (unpaired) electrons. The summed E-state index contributed by atoms with van der Waals surface area (Å²) in [4.78, 5) is 19.4. The van der Waals surface area contributed by atoms with Gasteiger partial charge in [-0.25, -0.2) is 4.98 Å². The van der Waals surface area contributed by atoms with Gasteiger partial charge in [-0.1, -0.05) is 82.5 Å². The molecule has 0 saturated heterocycles. The summed E-state index contributed by atoms with van der Waals surface area (Å²) in [5, 5.41) is 3.75. The fourth-order valence-electron chi connectivity index (χ4n) is 4.10. The first kappa shape index (κ1) is 26.5. The standard InChI is InChI=1S/C28H22Cl4N2O2/c1-34(16-19-20(29)7-4-8-21(19)30)26(28(35)36-2)15-17-6-3-11-24-18(14-17)12-13-25(33-24)27-22(31)9-5-10-23(27)32/h4-5,7-14,17,26H,15-16H2,1-2H3. The second kappa shape index (κ2) is 11.7. The van der Waals surface area contributed by atoms with Gasteiger partial charge in [0, 0.05) is 39.7 Å². The highest BCUT2D eigenvalue weighted by Crippen LogP contribution is 2.32. The number of ether oxygens (including phenoxy) is 1. The van der Waals surface area contributed by atoms with Gasteiger partial charge >= 0.3 is 5.97 Å². The number of nitrogens with zero attached hydrogens (tertiary/aromatic N) is 2. The summed E-state index contributed by atoms with van der Waals surface area (Å²) in [5.41, 5.74) is 2.09. The van der Waals surface area contributed by atoms with Crippen molar-refractivity contribution in [2.75, 3.05) is 14.2 Å². The first-order valence-electron chi connectivity index (χ1n) is 11.1. The van der Waals surface area contributed by atoms with Gasteiger partial charge in [-0.15, -0.1) is 0 Å². The van der Waals surface area contributed by atoms with Crippen molar-refractivity contribution in [2.24, 2.45) is 5.92 Å². The monoisotopic (exact) mass is 558 g/mol. The maximum Gasteiger partial charge on any atom is 0.323 e. The summed E-state index contributed by atoms with van der Waals surface area (Å²) >= 11 is 25.5. The molecule has 1 aromatic heterocycles. The molecule has 0 fully saturated rings. The summed E-state index contributed by atoms with van der Waals surface area (Å²) in [6, 6.07) is 14.0. The lowest BCUT2D eigenvalue weighted by molar-refractivity contribution is -0.147. The molecule has 0 bridgehead atoms. The van der Waals surface area contributed by atoms with E-state index in [0.717, 1.165) is 10.8 Å². The number of halogens is 4. The number of carbonyl (C=O) groups is 1. The van der Waals surface area contributed by atoms with Crippen LogP contribution in [0.3, 0.4) is 0 Å². The third-order valence-electron chi connectivity index (χ3n) is 5.99. The Bertz CT molecular complexity index is 1450. The molecule has 2 aromatic carbocycles. The number of benzene rings is 2. The lowest BCUT2D eigenvalue weighted by Gasteiger charge is -2.27. The summed E-state index contributed by atoms with van der Waals surface area (Å²) in [6.45, 7) is 0.380. The Kier molecular flexibility index (Phi) is 8.62. The molecule has 2 unspecified atom stereocenters. The first-order valence-corrected chi connectivity index (χ1v) is 12.6. The zero-order valence-electron chi connectivity index (χ0n) is 19.6. The fraction of sp³-hybridized carbons (Fsp3) is 0.214. The van der Waals surface area contributed by atoms with Crippen LogP contribution in [0.2, 0.25) is 20.1 Å². The van der Waals surface area contributed by atoms with E-state index in [0.29, 0.717) is 49.7 Å². The molecule has 4 nitrogen and oxygen atoms in total. The Balaban J connectivity index is 1.62. The number of aromatic nitrogens is 1. The van der Waals surface area contributed by atoms with Crippen molar-refractivity contribution in [1.29, 1.82) is 0 Å². The Morgan fingerprint density at radius 1 is 1.03 bits per heavy atom. The molecule has 4 rings (SSSR count). The van der Waals surface area contributed by atoms with Crippen molar-refractivity contribution in [3.05, 3.63) is 84.8 Å². The number of hydrogen-bond donors (Lipinski definition) is 0. The number of fused-ring (bicyclic) bond motifs is 1. The highest BCUT2D eigenvalue weighted by Gasteiger charge is 2.27. The van der Waals surface area contributed by atoms with Crippen molar-refractivity contribution in [2.45, 2.75) is 19.0 Å². The second-order valence-electron chi connectivity index (χ2n) is 8.36. The predicted octanol–water partition coefficient (Wildman–Crippen LogP) is 5.62. The molecule has 1 aliphatic carbocycles. The first-order chi connectivity index (χ1) is 17.3. The Morgan fingerprint density at radius 2 is 1.67 bits per heavy atom. The number of methoxy groups -OCH3 is 1. The average molecular weight is 560 g/mol. The minimum atomic E-state index is -0.561. The molecule has 0 aliphatic heterocycles. The van der Waals surface area contributed by atoms with Gasteiger partial charge in [-0.05, 0) is 49.0 Å². The van der Waals surface area contributed by atoms with Crippen molar-refractivity contribution >= 4 is 64.5 Å².